The van der Waals surface area contributed by atoms with Crippen molar-refractivity contribution in [2.75, 3.05) is 12.8 Å². The molecule has 2 heteroatoms. The van der Waals surface area contributed by atoms with Crippen molar-refractivity contribution >= 4 is 16.5 Å². The van der Waals surface area contributed by atoms with Gasteiger partial charge in [0.1, 0.15) is 5.75 Å². The molecule has 2 nitrogen and oxygen atoms in total. The zero-order valence-corrected chi connectivity index (χ0v) is 7.45. The van der Waals surface area contributed by atoms with Gasteiger partial charge in [-0.3, -0.25) is 0 Å². The zero-order valence-electron chi connectivity index (χ0n) is 7.45. The molecule has 0 saturated heterocycles. The first-order chi connectivity index (χ1) is 6.33. The van der Waals surface area contributed by atoms with Gasteiger partial charge in [0.05, 0.1) is 7.11 Å². The predicted octanol–water partition coefficient (Wildman–Crippen LogP) is 2.43. The molecule has 0 radical (unpaired) electrons. The number of methoxy groups -OCH3 is 1. The maximum Gasteiger partial charge on any atom is 0.128 e. The topological polar surface area (TPSA) is 35.2 Å². The highest BCUT2D eigenvalue weighted by Crippen LogP contribution is 2.29. The summed E-state index contributed by atoms with van der Waals surface area (Å²) in [5.74, 6) is 0.829. The molecule has 13 heavy (non-hydrogen) atoms. The molecule has 0 heterocycles. The molecule has 0 atom stereocenters. The number of rotatable bonds is 1. The highest BCUT2D eigenvalue weighted by atomic mass is 16.5. The molecular formula is C11H11NO. The number of hydrogen-bond acceptors (Lipinski definition) is 2. The Balaban J connectivity index is 2.87. The lowest BCUT2D eigenvalue weighted by Crippen LogP contribution is -1.90. The van der Waals surface area contributed by atoms with Crippen LogP contribution in [0.1, 0.15) is 0 Å². The first-order valence-electron chi connectivity index (χ1n) is 4.14. The van der Waals surface area contributed by atoms with Crippen molar-refractivity contribution in [1.82, 2.24) is 0 Å². The lowest BCUT2D eigenvalue weighted by molar-refractivity contribution is 0.420. The van der Waals surface area contributed by atoms with Crippen LogP contribution in [0.4, 0.5) is 5.69 Å². The normalized spacial score (nSPS) is 10.2. The van der Waals surface area contributed by atoms with Crippen molar-refractivity contribution in [1.29, 1.82) is 0 Å². The van der Waals surface area contributed by atoms with Crippen LogP contribution in [0.2, 0.25) is 0 Å². The molecule has 0 aliphatic rings. The van der Waals surface area contributed by atoms with E-state index in [0.29, 0.717) is 0 Å². The summed E-state index contributed by atoms with van der Waals surface area (Å²) in [7, 11) is 1.65. The Morgan fingerprint density at radius 3 is 2.46 bits per heavy atom. The second kappa shape index (κ2) is 2.98. The Kier molecular flexibility index (Phi) is 1.81. The summed E-state index contributed by atoms with van der Waals surface area (Å²) >= 11 is 0. The quantitative estimate of drug-likeness (QED) is 0.672. The number of fused-ring (bicyclic) bond motifs is 1. The fourth-order valence-corrected chi connectivity index (χ4v) is 1.50. The third-order valence-corrected chi connectivity index (χ3v) is 2.12. The minimum atomic E-state index is 0.759. The average molecular weight is 173 g/mol. The summed E-state index contributed by atoms with van der Waals surface area (Å²) in [5, 5.41) is 2.10. The van der Waals surface area contributed by atoms with Gasteiger partial charge in [0.2, 0.25) is 0 Å². The Hall–Kier alpha value is -1.70. The Morgan fingerprint density at radius 2 is 1.77 bits per heavy atom. The van der Waals surface area contributed by atoms with Crippen LogP contribution in [0.15, 0.2) is 36.4 Å². The lowest BCUT2D eigenvalue weighted by atomic mass is 10.1. The van der Waals surface area contributed by atoms with Gasteiger partial charge in [-0.05, 0) is 17.5 Å². The molecule has 2 aromatic rings. The summed E-state index contributed by atoms with van der Waals surface area (Å²) in [5.41, 5.74) is 6.61. The fourth-order valence-electron chi connectivity index (χ4n) is 1.50. The van der Waals surface area contributed by atoms with Crippen LogP contribution in [0.25, 0.3) is 10.8 Å². The van der Waals surface area contributed by atoms with Gasteiger partial charge in [-0.1, -0.05) is 24.3 Å². The number of anilines is 1. The molecule has 66 valence electrons. The van der Waals surface area contributed by atoms with Crippen molar-refractivity contribution in [3.05, 3.63) is 36.4 Å². The molecule has 0 spiro atoms. The predicted molar refractivity (Wildman–Crippen MR) is 54.9 cm³/mol. The van der Waals surface area contributed by atoms with Crippen LogP contribution in [0.5, 0.6) is 5.75 Å². The highest BCUT2D eigenvalue weighted by molar-refractivity contribution is 5.97. The number of hydrogen-bond donors (Lipinski definition) is 1. The van der Waals surface area contributed by atoms with Crippen LogP contribution in [-0.2, 0) is 0 Å². The van der Waals surface area contributed by atoms with Gasteiger partial charge < -0.3 is 10.5 Å². The minimum absolute atomic E-state index is 0.759. The van der Waals surface area contributed by atoms with E-state index in [1.807, 2.05) is 36.4 Å². The van der Waals surface area contributed by atoms with E-state index in [2.05, 4.69) is 0 Å². The maximum absolute atomic E-state index is 5.85. The van der Waals surface area contributed by atoms with Crippen LogP contribution in [-0.4, -0.2) is 7.11 Å². The monoisotopic (exact) mass is 173 g/mol. The molecular weight excluding hydrogens is 162 g/mol. The van der Waals surface area contributed by atoms with Crippen molar-refractivity contribution in [2.45, 2.75) is 0 Å². The molecule has 2 N–H and O–H groups in total. The van der Waals surface area contributed by atoms with Gasteiger partial charge in [-0.25, -0.2) is 0 Å². The molecule has 2 rings (SSSR count). The Labute approximate surface area is 76.9 Å². The molecule has 2 aromatic carbocycles. The van der Waals surface area contributed by atoms with Gasteiger partial charge in [0.25, 0.3) is 0 Å². The molecule has 0 aliphatic carbocycles. The van der Waals surface area contributed by atoms with E-state index in [9.17, 15) is 0 Å². The lowest BCUT2D eigenvalue weighted by Gasteiger charge is -2.06. The molecule has 0 aromatic heterocycles. The highest BCUT2D eigenvalue weighted by Gasteiger charge is 2.02. The summed E-state index contributed by atoms with van der Waals surface area (Å²) in [6, 6.07) is 11.7. The van der Waals surface area contributed by atoms with E-state index in [1.165, 1.54) is 0 Å². The number of nitrogen functional groups attached to an aromatic ring is 1. The molecule has 0 amide bonds. The fraction of sp³-hybridized carbons (Fsp3) is 0.0909. The molecule has 0 bridgehead atoms. The third kappa shape index (κ3) is 1.20. The summed E-state index contributed by atoms with van der Waals surface area (Å²) in [6.07, 6.45) is 0. The molecule has 0 aliphatic heterocycles. The van der Waals surface area contributed by atoms with Gasteiger partial charge in [-0.2, -0.15) is 0 Å². The second-order valence-corrected chi connectivity index (χ2v) is 2.91. The first-order valence-corrected chi connectivity index (χ1v) is 4.14. The van der Waals surface area contributed by atoms with Crippen molar-refractivity contribution in [3.8, 4) is 5.75 Å². The molecule has 0 saturated carbocycles. The van der Waals surface area contributed by atoms with Crippen molar-refractivity contribution in [3.63, 3.8) is 0 Å². The van der Waals surface area contributed by atoms with E-state index in [4.69, 9.17) is 10.5 Å². The van der Waals surface area contributed by atoms with E-state index in [-0.39, 0.29) is 0 Å². The summed E-state index contributed by atoms with van der Waals surface area (Å²) in [4.78, 5) is 0. The number of benzene rings is 2. The largest absolute Gasteiger partial charge is 0.496 e. The van der Waals surface area contributed by atoms with E-state index in [1.54, 1.807) is 7.11 Å². The van der Waals surface area contributed by atoms with Gasteiger partial charge in [0, 0.05) is 11.1 Å². The van der Waals surface area contributed by atoms with Gasteiger partial charge in [-0.15, -0.1) is 0 Å². The summed E-state index contributed by atoms with van der Waals surface area (Å²) < 4.78 is 5.23. The third-order valence-electron chi connectivity index (χ3n) is 2.12. The maximum atomic E-state index is 5.85. The zero-order chi connectivity index (χ0) is 9.26. The van der Waals surface area contributed by atoms with Gasteiger partial charge in [0.15, 0.2) is 0 Å². The summed E-state index contributed by atoms with van der Waals surface area (Å²) in [6.45, 7) is 0. The molecule has 0 fully saturated rings. The van der Waals surface area contributed by atoms with Crippen molar-refractivity contribution < 1.29 is 4.74 Å². The van der Waals surface area contributed by atoms with E-state index >= 15 is 0 Å². The SMILES string of the molecule is COc1cccc2cccc(N)c12. The Bertz CT molecular complexity index is 432. The first kappa shape index (κ1) is 7.92. The van der Waals surface area contributed by atoms with Crippen LogP contribution in [0.3, 0.4) is 0 Å². The van der Waals surface area contributed by atoms with E-state index < -0.39 is 0 Å². The smallest absolute Gasteiger partial charge is 0.128 e. The number of ether oxygens (including phenoxy) is 1. The van der Waals surface area contributed by atoms with Gasteiger partial charge >= 0.3 is 0 Å². The molecule has 0 unspecified atom stereocenters. The second-order valence-electron chi connectivity index (χ2n) is 2.91. The van der Waals surface area contributed by atoms with Crippen LogP contribution >= 0.6 is 0 Å². The van der Waals surface area contributed by atoms with Crippen LogP contribution in [0, 0.1) is 0 Å². The Morgan fingerprint density at radius 1 is 1.08 bits per heavy atom. The van der Waals surface area contributed by atoms with Crippen LogP contribution < -0.4 is 10.5 Å². The van der Waals surface area contributed by atoms with E-state index in [0.717, 1.165) is 22.2 Å². The average Bonchev–Trinajstić information content (AvgIpc) is 2.17. The van der Waals surface area contributed by atoms with Crippen molar-refractivity contribution in [2.24, 2.45) is 0 Å². The minimum Gasteiger partial charge on any atom is -0.496 e. The standard InChI is InChI=1S/C11H11NO/c1-13-10-7-3-5-8-4-2-6-9(12)11(8)10/h2-7H,12H2,1H3. The number of nitrogens with two attached hydrogens (primary N) is 1.